The Balaban J connectivity index is 3.08. The van der Waals surface area contributed by atoms with Crippen LogP contribution in [0.4, 0.5) is 0 Å². The van der Waals surface area contributed by atoms with Crippen LogP contribution in [0.1, 0.15) is 30.9 Å². The summed E-state index contributed by atoms with van der Waals surface area (Å²) in [5.41, 5.74) is 1.08. The second kappa shape index (κ2) is 8.48. The van der Waals surface area contributed by atoms with Gasteiger partial charge in [0.05, 0.1) is 21.3 Å². The van der Waals surface area contributed by atoms with Crippen LogP contribution < -0.4 is 19.5 Å². The molecular weight excluding hydrogens is 254 g/mol. The first-order chi connectivity index (χ1) is 9.71. The lowest BCUT2D eigenvalue weighted by molar-refractivity contribution is 0.344. The van der Waals surface area contributed by atoms with Crippen molar-refractivity contribution >= 4 is 0 Å². The highest BCUT2D eigenvalue weighted by Gasteiger charge is 2.18. The molecule has 1 aromatic carbocycles. The van der Waals surface area contributed by atoms with E-state index in [0.717, 1.165) is 30.6 Å². The van der Waals surface area contributed by atoms with E-state index in [4.69, 9.17) is 14.2 Å². The Morgan fingerprint density at radius 3 is 2.20 bits per heavy atom. The monoisotopic (exact) mass is 279 g/mol. The molecule has 0 aliphatic carbocycles. The van der Waals surface area contributed by atoms with E-state index in [9.17, 15) is 0 Å². The van der Waals surface area contributed by atoms with Gasteiger partial charge in [-0.25, -0.2) is 0 Å². The average molecular weight is 279 g/mol. The number of methoxy groups -OCH3 is 3. The Morgan fingerprint density at radius 2 is 1.70 bits per heavy atom. The lowest BCUT2D eigenvalue weighted by atomic mass is 9.99. The molecule has 0 amide bonds. The third-order valence-corrected chi connectivity index (χ3v) is 3.36. The van der Waals surface area contributed by atoms with Crippen LogP contribution in [-0.4, -0.2) is 28.4 Å². The second-order valence-electron chi connectivity index (χ2n) is 4.51. The summed E-state index contributed by atoms with van der Waals surface area (Å²) in [7, 11) is 6.88. The summed E-state index contributed by atoms with van der Waals surface area (Å²) < 4.78 is 16.2. The van der Waals surface area contributed by atoms with Crippen LogP contribution in [0.2, 0.25) is 0 Å². The van der Waals surface area contributed by atoms with Crippen molar-refractivity contribution in [2.45, 2.75) is 25.3 Å². The van der Waals surface area contributed by atoms with Gasteiger partial charge < -0.3 is 19.5 Å². The molecule has 0 spiro atoms. The van der Waals surface area contributed by atoms with Crippen molar-refractivity contribution in [3.8, 4) is 17.2 Å². The summed E-state index contributed by atoms with van der Waals surface area (Å²) in [5, 5.41) is 3.33. The van der Waals surface area contributed by atoms with Crippen molar-refractivity contribution in [1.82, 2.24) is 5.32 Å². The molecule has 112 valence electrons. The highest BCUT2D eigenvalue weighted by Crippen LogP contribution is 2.38. The molecule has 1 aromatic rings. The third-order valence-electron chi connectivity index (χ3n) is 3.36. The van der Waals surface area contributed by atoms with Crippen LogP contribution >= 0.6 is 0 Å². The van der Waals surface area contributed by atoms with Crippen molar-refractivity contribution in [2.75, 3.05) is 28.4 Å². The van der Waals surface area contributed by atoms with E-state index in [1.165, 1.54) is 0 Å². The van der Waals surface area contributed by atoms with Crippen molar-refractivity contribution in [3.05, 3.63) is 30.4 Å². The number of nitrogens with one attached hydrogen (secondary N) is 1. The lowest BCUT2D eigenvalue weighted by Crippen LogP contribution is -2.17. The SMILES string of the molecule is C=CCCCC(NC)c1cc(OC)c(OC)cc1OC. The van der Waals surface area contributed by atoms with E-state index in [0.29, 0.717) is 11.5 Å². The topological polar surface area (TPSA) is 39.7 Å². The molecule has 0 aliphatic rings. The molecule has 1 atom stereocenters. The van der Waals surface area contributed by atoms with Gasteiger partial charge in [-0.15, -0.1) is 6.58 Å². The van der Waals surface area contributed by atoms with E-state index >= 15 is 0 Å². The standard InChI is InChI=1S/C16H25NO3/c1-6-7-8-9-13(17-2)12-10-15(19-4)16(20-5)11-14(12)18-3/h6,10-11,13,17H,1,7-9H2,2-5H3. The smallest absolute Gasteiger partial charge is 0.164 e. The van der Waals surface area contributed by atoms with Gasteiger partial charge in [0, 0.05) is 17.7 Å². The molecule has 1 N–H and O–H groups in total. The van der Waals surface area contributed by atoms with Gasteiger partial charge in [-0.3, -0.25) is 0 Å². The number of ether oxygens (including phenoxy) is 3. The summed E-state index contributed by atoms with van der Waals surface area (Å²) in [6.45, 7) is 3.76. The Hall–Kier alpha value is -1.68. The van der Waals surface area contributed by atoms with Crippen molar-refractivity contribution in [1.29, 1.82) is 0 Å². The number of allylic oxidation sites excluding steroid dienone is 1. The molecule has 1 unspecified atom stereocenters. The Labute approximate surface area is 121 Å². The van der Waals surface area contributed by atoms with E-state index in [1.54, 1.807) is 21.3 Å². The lowest BCUT2D eigenvalue weighted by Gasteiger charge is -2.21. The summed E-state index contributed by atoms with van der Waals surface area (Å²) >= 11 is 0. The van der Waals surface area contributed by atoms with Crippen molar-refractivity contribution in [3.63, 3.8) is 0 Å². The van der Waals surface area contributed by atoms with Crippen LogP contribution in [0.25, 0.3) is 0 Å². The molecule has 1 rings (SSSR count). The molecule has 0 saturated heterocycles. The third kappa shape index (κ3) is 3.90. The predicted molar refractivity (Wildman–Crippen MR) is 81.9 cm³/mol. The van der Waals surface area contributed by atoms with Gasteiger partial charge in [-0.05, 0) is 32.4 Å². The van der Waals surface area contributed by atoms with Gasteiger partial charge in [0.15, 0.2) is 11.5 Å². The molecule has 0 saturated carbocycles. The van der Waals surface area contributed by atoms with Crippen LogP contribution in [0.15, 0.2) is 24.8 Å². The highest BCUT2D eigenvalue weighted by molar-refractivity contribution is 5.51. The Bertz CT molecular complexity index is 432. The molecule has 0 radical (unpaired) electrons. The van der Waals surface area contributed by atoms with Crippen molar-refractivity contribution < 1.29 is 14.2 Å². The van der Waals surface area contributed by atoms with Crippen LogP contribution in [0, 0.1) is 0 Å². The number of rotatable bonds is 9. The molecule has 0 aromatic heterocycles. The van der Waals surface area contributed by atoms with Gasteiger partial charge in [-0.2, -0.15) is 0 Å². The molecule has 0 heterocycles. The van der Waals surface area contributed by atoms with Gasteiger partial charge in [-0.1, -0.05) is 6.08 Å². The zero-order valence-corrected chi connectivity index (χ0v) is 12.9. The minimum Gasteiger partial charge on any atom is -0.496 e. The quantitative estimate of drug-likeness (QED) is 0.556. The molecule has 0 aliphatic heterocycles. The minimum absolute atomic E-state index is 0.213. The molecule has 20 heavy (non-hydrogen) atoms. The summed E-state index contributed by atoms with van der Waals surface area (Å²) in [6, 6.07) is 4.06. The van der Waals surface area contributed by atoms with Crippen molar-refractivity contribution in [2.24, 2.45) is 0 Å². The van der Waals surface area contributed by atoms with Gasteiger partial charge in [0.1, 0.15) is 5.75 Å². The van der Waals surface area contributed by atoms with E-state index < -0.39 is 0 Å². The van der Waals surface area contributed by atoms with Gasteiger partial charge in [0.2, 0.25) is 0 Å². The number of unbranched alkanes of at least 4 members (excludes halogenated alkanes) is 1. The molecule has 4 heteroatoms. The van der Waals surface area contributed by atoms with Gasteiger partial charge >= 0.3 is 0 Å². The maximum atomic E-state index is 5.48. The van der Waals surface area contributed by atoms with Crippen LogP contribution in [0.3, 0.4) is 0 Å². The molecule has 4 nitrogen and oxygen atoms in total. The fourth-order valence-corrected chi connectivity index (χ4v) is 2.25. The maximum absolute atomic E-state index is 5.48. The number of hydrogen-bond acceptors (Lipinski definition) is 4. The number of hydrogen-bond donors (Lipinski definition) is 1. The molecule has 0 fully saturated rings. The molecular formula is C16H25NO3. The minimum atomic E-state index is 0.213. The zero-order chi connectivity index (χ0) is 15.0. The second-order valence-corrected chi connectivity index (χ2v) is 4.51. The van der Waals surface area contributed by atoms with Gasteiger partial charge in [0.25, 0.3) is 0 Å². The highest BCUT2D eigenvalue weighted by atomic mass is 16.5. The van der Waals surface area contributed by atoms with E-state index in [-0.39, 0.29) is 6.04 Å². The Kier molecular flexibility index (Phi) is 6.94. The van der Waals surface area contributed by atoms with E-state index in [2.05, 4.69) is 11.9 Å². The Morgan fingerprint density at radius 1 is 1.10 bits per heavy atom. The first kappa shape index (κ1) is 16.4. The summed E-state index contributed by atoms with van der Waals surface area (Å²) in [4.78, 5) is 0. The van der Waals surface area contributed by atoms with E-state index in [1.807, 2.05) is 25.3 Å². The fraction of sp³-hybridized carbons (Fsp3) is 0.500. The molecule has 0 bridgehead atoms. The van der Waals surface area contributed by atoms with Crippen LogP contribution in [0.5, 0.6) is 17.2 Å². The normalized spacial score (nSPS) is 11.8. The summed E-state index contributed by atoms with van der Waals surface area (Å²) in [5.74, 6) is 2.20. The first-order valence-corrected chi connectivity index (χ1v) is 6.79. The zero-order valence-electron chi connectivity index (χ0n) is 12.9. The fourth-order valence-electron chi connectivity index (χ4n) is 2.25. The largest absolute Gasteiger partial charge is 0.496 e. The summed E-state index contributed by atoms with van der Waals surface area (Å²) in [6.07, 6.45) is 5.03. The van der Waals surface area contributed by atoms with Crippen LogP contribution in [-0.2, 0) is 0 Å². The number of benzene rings is 1. The average Bonchev–Trinajstić information content (AvgIpc) is 2.50. The maximum Gasteiger partial charge on any atom is 0.164 e. The first-order valence-electron chi connectivity index (χ1n) is 6.79. The predicted octanol–water partition coefficient (Wildman–Crippen LogP) is 3.33.